The lowest BCUT2D eigenvalue weighted by Crippen LogP contribution is -2.33. The van der Waals surface area contributed by atoms with Gasteiger partial charge in [0.15, 0.2) is 0 Å². The topological polar surface area (TPSA) is 23.5 Å². The number of benzene rings is 2. The first-order chi connectivity index (χ1) is 9.88. The fourth-order valence-electron chi connectivity index (χ4n) is 2.38. The smallest absolute Gasteiger partial charge is 0.133 e. The summed E-state index contributed by atoms with van der Waals surface area (Å²) in [6.07, 6.45) is 3.32. The summed E-state index contributed by atoms with van der Waals surface area (Å²) in [6, 6.07) is 21.9. The molecule has 0 radical (unpaired) electrons. The van der Waals surface area contributed by atoms with Crippen LogP contribution in [-0.2, 0) is 0 Å². The Labute approximate surface area is 133 Å². The lowest BCUT2D eigenvalue weighted by molar-refractivity contribution is -0.00982. The van der Waals surface area contributed by atoms with Crippen LogP contribution in [0.3, 0.4) is 0 Å². The van der Waals surface area contributed by atoms with E-state index < -0.39 is 6.23 Å². The normalized spacial score (nSPS) is 16.0. The Morgan fingerprint density at radius 2 is 1.14 bits per heavy atom. The molecule has 3 rings (SSSR count). The summed E-state index contributed by atoms with van der Waals surface area (Å²) in [7, 11) is 0. The van der Waals surface area contributed by atoms with Crippen molar-refractivity contribution in [1.82, 2.24) is 4.90 Å². The van der Waals surface area contributed by atoms with Crippen LogP contribution in [0.4, 0.5) is 0 Å². The monoisotopic (exact) mass is 305 g/mol. The van der Waals surface area contributed by atoms with Gasteiger partial charge in [0.1, 0.15) is 6.23 Å². The van der Waals surface area contributed by atoms with Gasteiger partial charge in [-0.05, 0) is 18.4 Å². The summed E-state index contributed by atoms with van der Waals surface area (Å²) in [6.45, 7) is 2.05. The molecule has 1 N–H and O–H groups in total. The Kier molecular flexibility index (Phi) is 8.76. The number of hydrogen-bond acceptors (Lipinski definition) is 2. The van der Waals surface area contributed by atoms with Gasteiger partial charge < -0.3 is 5.11 Å². The average Bonchev–Trinajstić information content (AvgIpc) is 2.58. The third kappa shape index (κ3) is 6.30. The van der Waals surface area contributed by atoms with Crippen LogP contribution < -0.4 is 0 Å². The molecule has 1 aliphatic rings. The van der Waals surface area contributed by atoms with Crippen LogP contribution in [0.1, 0.15) is 31.1 Å². The standard InChI is InChI=1S/C12H17NO.C6H6.ClH/c14-12(11-7-3-1-4-8-11)13-9-5-2-6-10-13;1-2-4-6-5-3-1;/h1,3-4,7-8,12,14H,2,5-6,9-10H2;1-6H;1H. The molecule has 0 spiro atoms. The van der Waals surface area contributed by atoms with E-state index in [4.69, 9.17) is 0 Å². The number of aliphatic hydroxyl groups excluding tert-OH is 1. The van der Waals surface area contributed by atoms with Crippen LogP contribution in [0.25, 0.3) is 0 Å². The van der Waals surface area contributed by atoms with Crippen LogP contribution in [-0.4, -0.2) is 23.1 Å². The molecule has 114 valence electrons. The SMILES string of the molecule is Cl.OC(c1ccccc1)N1CCCCC1.c1ccccc1. The van der Waals surface area contributed by atoms with Gasteiger partial charge >= 0.3 is 0 Å². The van der Waals surface area contributed by atoms with Gasteiger partial charge in [0.2, 0.25) is 0 Å². The molecule has 21 heavy (non-hydrogen) atoms. The molecular weight excluding hydrogens is 282 g/mol. The number of piperidine rings is 1. The average molecular weight is 306 g/mol. The van der Waals surface area contributed by atoms with E-state index in [0.717, 1.165) is 18.7 Å². The second-order valence-electron chi connectivity index (χ2n) is 5.04. The number of nitrogens with zero attached hydrogens (tertiary/aromatic N) is 1. The minimum Gasteiger partial charge on any atom is -0.374 e. The lowest BCUT2D eigenvalue weighted by atomic mass is 10.1. The van der Waals surface area contributed by atoms with Crippen molar-refractivity contribution < 1.29 is 5.11 Å². The van der Waals surface area contributed by atoms with Crippen molar-refractivity contribution in [2.75, 3.05) is 13.1 Å². The fraction of sp³-hybridized carbons (Fsp3) is 0.333. The molecule has 0 saturated carbocycles. The van der Waals surface area contributed by atoms with Gasteiger partial charge in [-0.25, -0.2) is 0 Å². The highest BCUT2D eigenvalue weighted by Gasteiger charge is 2.18. The third-order valence-electron chi connectivity index (χ3n) is 3.50. The molecule has 0 amide bonds. The van der Waals surface area contributed by atoms with Gasteiger partial charge in [-0.1, -0.05) is 73.2 Å². The zero-order chi connectivity index (χ0) is 14.0. The molecule has 0 aromatic heterocycles. The molecular formula is C18H24ClNO. The van der Waals surface area contributed by atoms with E-state index in [1.807, 2.05) is 66.7 Å². The number of hydrogen-bond donors (Lipinski definition) is 1. The molecule has 1 fully saturated rings. The zero-order valence-corrected chi connectivity index (χ0v) is 13.1. The summed E-state index contributed by atoms with van der Waals surface area (Å²) in [4.78, 5) is 2.15. The van der Waals surface area contributed by atoms with Gasteiger partial charge in [0.25, 0.3) is 0 Å². The van der Waals surface area contributed by atoms with Gasteiger partial charge in [-0.2, -0.15) is 0 Å². The van der Waals surface area contributed by atoms with Crippen molar-refractivity contribution >= 4 is 12.4 Å². The Hall–Kier alpha value is -1.35. The summed E-state index contributed by atoms with van der Waals surface area (Å²) < 4.78 is 0. The highest BCUT2D eigenvalue weighted by molar-refractivity contribution is 5.85. The van der Waals surface area contributed by atoms with Crippen LogP contribution in [0.15, 0.2) is 66.7 Å². The molecule has 1 aliphatic heterocycles. The van der Waals surface area contributed by atoms with Gasteiger partial charge in [0, 0.05) is 13.1 Å². The quantitative estimate of drug-likeness (QED) is 0.895. The van der Waals surface area contributed by atoms with Crippen LogP contribution in [0, 0.1) is 0 Å². The first-order valence-corrected chi connectivity index (χ1v) is 7.35. The number of rotatable bonds is 2. The molecule has 2 aromatic rings. The van der Waals surface area contributed by atoms with Crippen molar-refractivity contribution in [1.29, 1.82) is 0 Å². The molecule has 1 heterocycles. The van der Waals surface area contributed by atoms with Gasteiger partial charge in [-0.3, -0.25) is 4.90 Å². The van der Waals surface area contributed by atoms with Gasteiger partial charge in [-0.15, -0.1) is 12.4 Å². The molecule has 2 aromatic carbocycles. The van der Waals surface area contributed by atoms with E-state index in [0.29, 0.717) is 0 Å². The first-order valence-electron chi connectivity index (χ1n) is 7.35. The second kappa shape index (κ2) is 10.4. The molecule has 1 atom stereocenters. The van der Waals surface area contributed by atoms with Crippen molar-refractivity contribution in [2.45, 2.75) is 25.5 Å². The molecule has 0 bridgehead atoms. The maximum absolute atomic E-state index is 10.1. The predicted octanol–water partition coefficient (Wildman–Crippen LogP) is 4.27. The van der Waals surface area contributed by atoms with E-state index >= 15 is 0 Å². The minimum absolute atomic E-state index is 0. The number of aliphatic hydroxyl groups is 1. The maximum Gasteiger partial charge on any atom is 0.133 e. The highest BCUT2D eigenvalue weighted by atomic mass is 35.5. The van der Waals surface area contributed by atoms with Crippen molar-refractivity contribution in [3.63, 3.8) is 0 Å². The van der Waals surface area contributed by atoms with E-state index in [9.17, 15) is 5.11 Å². The van der Waals surface area contributed by atoms with Crippen LogP contribution >= 0.6 is 12.4 Å². The number of halogens is 1. The minimum atomic E-state index is -0.406. The summed E-state index contributed by atoms with van der Waals surface area (Å²) in [5.74, 6) is 0. The zero-order valence-electron chi connectivity index (χ0n) is 12.3. The molecule has 1 saturated heterocycles. The van der Waals surface area contributed by atoms with E-state index in [1.54, 1.807) is 0 Å². The lowest BCUT2D eigenvalue weighted by Gasteiger charge is -2.31. The number of likely N-dealkylation sites (tertiary alicyclic amines) is 1. The molecule has 0 aliphatic carbocycles. The Balaban J connectivity index is 0.000000267. The van der Waals surface area contributed by atoms with Gasteiger partial charge in [0.05, 0.1) is 0 Å². The summed E-state index contributed by atoms with van der Waals surface area (Å²) in [5, 5.41) is 10.1. The summed E-state index contributed by atoms with van der Waals surface area (Å²) >= 11 is 0. The first kappa shape index (κ1) is 17.7. The van der Waals surface area contributed by atoms with E-state index in [2.05, 4.69) is 4.90 Å². The van der Waals surface area contributed by atoms with Crippen molar-refractivity contribution in [2.24, 2.45) is 0 Å². The Morgan fingerprint density at radius 3 is 1.62 bits per heavy atom. The molecule has 2 nitrogen and oxygen atoms in total. The third-order valence-corrected chi connectivity index (χ3v) is 3.50. The summed E-state index contributed by atoms with van der Waals surface area (Å²) in [5.41, 5.74) is 1.01. The highest BCUT2D eigenvalue weighted by Crippen LogP contribution is 2.21. The van der Waals surface area contributed by atoms with E-state index in [1.165, 1.54) is 19.3 Å². The Bertz CT molecular complexity index is 430. The van der Waals surface area contributed by atoms with Crippen molar-refractivity contribution in [3.8, 4) is 0 Å². The van der Waals surface area contributed by atoms with Crippen LogP contribution in [0.5, 0.6) is 0 Å². The fourth-order valence-corrected chi connectivity index (χ4v) is 2.38. The molecule has 3 heteroatoms. The van der Waals surface area contributed by atoms with Crippen molar-refractivity contribution in [3.05, 3.63) is 72.3 Å². The van der Waals surface area contributed by atoms with Crippen LogP contribution in [0.2, 0.25) is 0 Å². The Morgan fingerprint density at radius 1 is 0.714 bits per heavy atom. The molecule has 1 unspecified atom stereocenters. The van der Waals surface area contributed by atoms with E-state index in [-0.39, 0.29) is 12.4 Å². The largest absolute Gasteiger partial charge is 0.374 e. The maximum atomic E-state index is 10.1. The predicted molar refractivity (Wildman–Crippen MR) is 90.5 cm³/mol. The second-order valence-corrected chi connectivity index (χ2v) is 5.04.